The van der Waals surface area contributed by atoms with Crippen molar-refractivity contribution in [1.82, 2.24) is 9.80 Å². The molecule has 122 valence electrons. The van der Waals surface area contributed by atoms with Gasteiger partial charge in [-0.25, -0.2) is 0 Å². The average Bonchev–Trinajstić information content (AvgIpc) is 3.09. The second-order valence-electron chi connectivity index (χ2n) is 7.02. The molecular weight excluding hydrogens is 296 g/mol. The Morgan fingerprint density at radius 2 is 2.23 bits per heavy atom. The van der Waals surface area contributed by atoms with Gasteiger partial charge in [0.05, 0.1) is 6.42 Å². The molecule has 1 unspecified atom stereocenters. The number of ether oxygens (including phenoxy) is 1. The number of hydrogen-bond acceptors (Lipinski definition) is 4. The van der Waals surface area contributed by atoms with Gasteiger partial charge in [-0.2, -0.15) is 11.3 Å². The SMILES string of the molecule is CN(C)CC1CN(C(=O)Cc2ccsc2)CC12CCOCC2. The number of nitrogens with zero attached hydrogens (tertiary/aromatic N) is 2. The predicted molar refractivity (Wildman–Crippen MR) is 89.1 cm³/mol. The van der Waals surface area contributed by atoms with E-state index in [1.165, 1.54) is 0 Å². The number of likely N-dealkylation sites (tertiary alicyclic amines) is 1. The summed E-state index contributed by atoms with van der Waals surface area (Å²) in [4.78, 5) is 17.0. The Labute approximate surface area is 137 Å². The van der Waals surface area contributed by atoms with Crippen LogP contribution in [0.25, 0.3) is 0 Å². The van der Waals surface area contributed by atoms with Gasteiger partial charge in [0, 0.05) is 32.8 Å². The maximum Gasteiger partial charge on any atom is 0.227 e. The molecule has 1 atom stereocenters. The third-order valence-corrected chi connectivity index (χ3v) is 5.91. The quantitative estimate of drug-likeness (QED) is 0.851. The van der Waals surface area contributed by atoms with Gasteiger partial charge in [0.15, 0.2) is 0 Å². The molecule has 2 aliphatic rings. The molecule has 1 amide bonds. The summed E-state index contributed by atoms with van der Waals surface area (Å²) in [5.41, 5.74) is 1.42. The van der Waals surface area contributed by atoms with Crippen LogP contribution in [0.3, 0.4) is 0 Å². The molecular formula is C17H26N2O2S. The standard InChI is InChI=1S/C17H26N2O2S/c1-18(2)10-15-11-19(13-17(15)4-6-21-7-5-17)16(20)9-14-3-8-22-12-14/h3,8,12,15H,4-7,9-11,13H2,1-2H3. The largest absolute Gasteiger partial charge is 0.381 e. The lowest BCUT2D eigenvalue weighted by Gasteiger charge is -2.38. The number of carbonyl (C=O) groups is 1. The first-order valence-corrected chi connectivity index (χ1v) is 9.05. The van der Waals surface area contributed by atoms with E-state index in [-0.39, 0.29) is 11.3 Å². The third-order valence-electron chi connectivity index (χ3n) is 5.17. The van der Waals surface area contributed by atoms with Gasteiger partial charge in [-0.3, -0.25) is 4.79 Å². The van der Waals surface area contributed by atoms with Crippen LogP contribution in [-0.4, -0.2) is 62.7 Å². The topological polar surface area (TPSA) is 32.8 Å². The smallest absolute Gasteiger partial charge is 0.227 e. The van der Waals surface area contributed by atoms with E-state index in [1.54, 1.807) is 11.3 Å². The van der Waals surface area contributed by atoms with Gasteiger partial charge in [-0.1, -0.05) is 0 Å². The maximum atomic E-state index is 12.7. The Hall–Kier alpha value is -0.910. The van der Waals surface area contributed by atoms with Crippen LogP contribution >= 0.6 is 11.3 Å². The van der Waals surface area contributed by atoms with Crippen molar-refractivity contribution in [3.8, 4) is 0 Å². The molecule has 2 aliphatic heterocycles. The van der Waals surface area contributed by atoms with Crippen LogP contribution in [0, 0.1) is 11.3 Å². The highest BCUT2D eigenvalue weighted by Gasteiger charge is 2.48. The predicted octanol–water partition coefficient (Wildman–Crippen LogP) is 2.11. The van der Waals surface area contributed by atoms with Crippen LogP contribution in [0.4, 0.5) is 0 Å². The number of rotatable bonds is 4. The number of hydrogen-bond donors (Lipinski definition) is 0. The van der Waals surface area contributed by atoms with Crippen molar-refractivity contribution < 1.29 is 9.53 Å². The summed E-state index contributed by atoms with van der Waals surface area (Å²) in [7, 11) is 4.26. The molecule has 3 rings (SSSR count). The monoisotopic (exact) mass is 322 g/mol. The van der Waals surface area contributed by atoms with E-state index >= 15 is 0 Å². The minimum Gasteiger partial charge on any atom is -0.381 e. The molecule has 0 N–H and O–H groups in total. The van der Waals surface area contributed by atoms with Crippen molar-refractivity contribution >= 4 is 17.2 Å². The van der Waals surface area contributed by atoms with Gasteiger partial charge in [-0.15, -0.1) is 0 Å². The Kier molecular flexibility index (Phi) is 4.85. The fraction of sp³-hybridized carbons (Fsp3) is 0.706. The van der Waals surface area contributed by atoms with Gasteiger partial charge >= 0.3 is 0 Å². The average molecular weight is 322 g/mol. The van der Waals surface area contributed by atoms with Crippen molar-refractivity contribution in [1.29, 1.82) is 0 Å². The molecule has 1 aromatic heterocycles. The van der Waals surface area contributed by atoms with E-state index < -0.39 is 0 Å². The van der Waals surface area contributed by atoms with Crippen molar-refractivity contribution in [2.24, 2.45) is 11.3 Å². The van der Waals surface area contributed by atoms with Gasteiger partial charge in [-0.05, 0) is 60.7 Å². The minimum absolute atomic E-state index is 0.271. The second-order valence-corrected chi connectivity index (χ2v) is 7.80. The van der Waals surface area contributed by atoms with Crippen molar-refractivity contribution in [2.75, 3.05) is 46.9 Å². The normalized spacial score (nSPS) is 24.3. The van der Waals surface area contributed by atoms with Crippen LogP contribution in [0.2, 0.25) is 0 Å². The summed E-state index contributed by atoms with van der Waals surface area (Å²) >= 11 is 1.66. The molecule has 0 radical (unpaired) electrons. The molecule has 1 aromatic rings. The lowest BCUT2D eigenvalue weighted by molar-refractivity contribution is -0.130. The first-order chi connectivity index (χ1) is 10.6. The highest BCUT2D eigenvalue weighted by atomic mass is 32.1. The Morgan fingerprint density at radius 1 is 1.45 bits per heavy atom. The maximum absolute atomic E-state index is 12.7. The first kappa shape index (κ1) is 16.0. The zero-order valence-corrected chi connectivity index (χ0v) is 14.4. The molecule has 0 saturated carbocycles. The Bertz CT molecular complexity index is 495. The minimum atomic E-state index is 0.271. The summed E-state index contributed by atoms with van der Waals surface area (Å²) in [6.07, 6.45) is 2.73. The van der Waals surface area contributed by atoms with E-state index in [1.807, 2.05) is 5.38 Å². The molecule has 0 aliphatic carbocycles. The van der Waals surface area contributed by atoms with E-state index in [4.69, 9.17) is 4.74 Å². The Morgan fingerprint density at radius 3 is 2.86 bits per heavy atom. The molecule has 3 heterocycles. The highest BCUT2D eigenvalue weighted by Crippen LogP contribution is 2.44. The van der Waals surface area contributed by atoms with Crippen LogP contribution in [0.15, 0.2) is 16.8 Å². The zero-order valence-electron chi connectivity index (χ0n) is 13.6. The fourth-order valence-corrected chi connectivity index (χ4v) is 4.61. The molecule has 22 heavy (non-hydrogen) atoms. The summed E-state index contributed by atoms with van der Waals surface area (Å²) < 4.78 is 5.57. The molecule has 2 saturated heterocycles. The van der Waals surface area contributed by atoms with Crippen molar-refractivity contribution in [2.45, 2.75) is 19.3 Å². The first-order valence-electron chi connectivity index (χ1n) is 8.10. The fourth-order valence-electron chi connectivity index (χ4n) is 3.94. The molecule has 5 heteroatoms. The van der Waals surface area contributed by atoms with Crippen LogP contribution in [0.5, 0.6) is 0 Å². The van der Waals surface area contributed by atoms with Gasteiger partial charge in [0.1, 0.15) is 0 Å². The van der Waals surface area contributed by atoms with E-state index in [2.05, 4.69) is 35.3 Å². The van der Waals surface area contributed by atoms with Gasteiger partial charge < -0.3 is 14.5 Å². The van der Waals surface area contributed by atoms with Gasteiger partial charge in [0.2, 0.25) is 5.91 Å². The summed E-state index contributed by atoms with van der Waals surface area (Å²) in [6.45, 7) is 4.56. The molecule has 4 nitrogen and oxygen atoms in total. The number of thiophene rings is 1. The Balaban J connectivity index is 1.70. The lowest BCUT2D eigenvalue weighted by atomic mass is 9.72. The summed E-state index contributed by atoms with van der Waals surface area (Å²) in [5, 5.41) is 4.12. The number of amides is 1. The van der Waals surface area contributed by atoms with E-state index in [0.29, 0.717) is 12.3 Å². The molecule has 1 spiro atoms. The second kappa shape index (κ2) is 6.69. The lowest BCUT2D eigenvalue weighted by Crippen LogP contribution is -2.41. The molecule has 0 bridgehead atoms. The molecule has 0 aromatic carbocycles. The van der Waals surface area contributed by atoms with Crippen LogP contribution in [0.1, 0.15) is 18.4 Å². The van der Waals surface area contributed by atoms with E-state index in [0.717, 1.165) is 51.3 Å². The zero-order chi connectivity index (χ0) is 15.6. The summed E-state index contributed by atoms with van der Waals surface area (Å²) in [5.74, 6) is 0.850. The van der Waals surface area contributed by atoms with Crippen LogP contribution in [-0.2, 0) is 16.0 Å². The van der Waals surface area contributed by atoms with Crippen molar-refractivity contribution in [3.63, 3.8) is 0 Å². The van der Waals surface area contributed by atoms with Gasteiger partial charge in [0.25, 0.3) is 0 Å². The summed E-state index contributed by atoms with van der Waals surface area (Å²) in [6, 6.07) is 2.06. The highest BCUT2D eigenvalue weighted by molar-refractivity contribution is 7.07. The van der Waals surface area contributed by atoms with Crippen LogP contribution < -0.4 is 0 Å². The number of carbonyl (C=O) groups excluding carboxylic acids is 1. The molecule has 2 fully saturated rings. The third kappa shape index (κ3) is 3.36. The van der Waals surface area contributed by atoms with Crippen molar-refractivity contribution in [3.05, 3.63) is 22.4 Å². The van der Waals surface area contributed by atoms with E-state index in [9.17, 15) is 4.79 Å².